The van der Waals surface area contributed by atoms with Gasteiger partial charge in [-0.3, -0.25) is 9.36 Å². The highest BCUT2D eigenvalue weighted by atomic mass is 16.3. The van der Waals surface area contributed by atoms with Crippen LogP contribution in [0.4, 0.5) is 0 Å². The number of hydrogen-bond donors (Lipinski definition) is 2. The van der Waals surface area contributed by atoms with Crippen LogP contribution in [0.5, 0.6) is 0 Å². The lowest BCUT2D eigenvalue weighted by Gasteiger charge is -2.42. The lowest BCUT2D eigenvalue weighted by Crippen LogP contribution is -2.54. The fraction of sp³-hybridized carbons (Fsp3) is 0.647. The van der Waals surface area contributed by atoms with Crippen LogP contribution < -0.4 is 5.32 Å². The third-order valence-corrected chi connectivity index (χ3v) is 5.31. The van der Waals surface area contributed by atoms with Crippen molar-refractivity contribution in [3.63, 3.8) is 0 Å². The minimum Gasteiger partial charge on any atom is -0.391 e. The first-order chi connectivity index (χ1) is 11.2. The summed E-state index contributed by atoms with van der Waals surface area (Å²) >= 11 is 0. The number of aliphatic hydroxyl groups excluding tert-OH is 1. The van der Waals surface area contributed by atoms with Crippen LogP contribution in [0.3, 0.4) is 0 Å². The Morgan fingerprint density at radius 1 is 1.30 bits per heavy atom. The molecule has 124 valence electrons. The molecule has 0 amide bonds. The lowest BCUT2D eigenvalue weighted by molar-refractivity contribution is -0.00849. The van der Waals surface area contributed by atoms with E-state index in [1.807, 2.05) is 30.2 Å². The summed E-state index contributed by atoms with van der Waals surface area (Å²) < 4.78 is 4.09. The molecule has 0 unspecified atom stereocenters. The average molecular weight is 315 g/mol. The Bertz CT molecular complexity index is 657. The van der Waals surface area contributed by atoms with Gasteiger partial charge in [0, 0.05) is 25.0 Å². The quantitative estimate of drug-likeness (QED) is 0.885. The van der Waals surface area contributed by atoms with Gasteiger partial charge in [-0.15, -0.1) is 0 Å². The first-order valence-corrected chi connectivity index (χ1v) is 8.67. The van der Waals surface area contributed by atoms with Crippen LogP contribution in [0, 0.1) is 6.92 Å². The zero-order valence-electron chi connectivity index (χ0n) is 13.6. The Morgan fingerprint density at radius 3 is 2.83 bits per heavy atom. The van der Waals surface area contributed by atoms with Crippen LogP contribution in [0.2, 0.25) is 0 Å². The lowest BCUT2D eigenvalue weighted by atomic mass is 9.83. The zero-order valence-corrected chi connectivity index (χ0v) is 13.6. The minimum atomic E-state index is -0.313. The van der Waals surface area contributed by atoms with Crippen molar-refractivity contribution < 1.29 is 5.11 Å². The van der Waals surface area contributed by atoms with Gasteiger partial charge < -0.3 is 10.4 Å². The minimum absolute atomic E-state index is 0.0338. The van der Waals surface area contributed by atoms with E-state index in [1.165, 1.54) is 31.4 Å². The second-order valence-corrected chi connectivity index (χ2v) is 6.98. The molecule has 0 aliphatic heterocycles. The van der Waals surface area contributed by atoms with Crippen molar-refractivity contribution in [1.82, 2.24) is 24.9 Å². The number of nitrogens with zero attached hydrogens (tertiary/aromatic N) is 4. The zero-order chi connectivity index (χ0) is 15.8. The Hall–Kier alpha value is -1.66. The summed E-state index contributed by atoms with van der Waals surface area (Å²) in [6.07, 6.45) is 11.3. The number of aryl methyl sites for hydroxylation is 1. The fourth-order valence-corrected chi connectivity index (χ4v) is 3.97. The van der Waals surface area contributed by atoms with Crippen molar-refractivity contribution in [3.05, 3.63) is 35.9 Å². The number of hydrogen-bond acceptors (Lipinski definition) is 4. The van der Waals surface area contributed by atoms with E-state index in [-0.39, 0.29) is 18.2 Å². The SMILES string of the molecule is Cc1cnn([C@H]2[C@H](O)C[C@@H]2NCc2ccnn2C2CCCC2)c1. The highest BCUT2D eigenvalue weighted by Gasteiger charge is 2.41. The fourth-order valence-electron chi connectivity index (χ4n) is 3.97. The van der Waals surface area contributed by atoms with Crippen molar-refractivity contribution in [3.8, 4) is 0 Å². The van der Waals surface area contributed by atoms with E-state index in [0.717, 1.165) is 18.5 Å². The molecule has 2 aromatic rings. The highest BCUT2D eigenvalue weighted by molar-refractivity contribution is 5.08. The van der Waals surface area contributed by atoms with E-state index < -0.39 is 0 Å². The molecule has 0 spiro atoms. The van der Waals surface area contributed by atoms with Gasteiger partial charge in [0.25, 0.3) is 0 Å². The van der Waals surface area contributed by atoms with E-state index in [9.17, 15) is 5.11 Å². The summed E-state index contributed by atoms with van der Waals surface area (Å²) in [5, 5.41) is 22.6. The first-order valence-electron chi connectivity index (χ1n) is 8.67. The first kappa shape index (κ1) is 14.9. The van der Waals surface area contributed by atoms with Crippen LogP contribution in [-0.4, -0.2) is 36.8 Å². The molecular formula is C17H25N5O. The summed E-state index contributed by atoms with van der Waals surface area (Å²) in [5.74, 6) is 0. The average Bonchev–Trinajstić information content (AvgIpc) is 3.24. The molecule has 2 N–H and O–H groups in total. The molecule has 6 heteroatoms. The van der Waals surface area contributed by atoms with Crippen molar-refractivity contribution in [2.45, 2.75) is 69.8 Å². The number of nitrogens with one attached hydrogen (secondary N) is 1. The van der Waals surface area contributed by atoms with E-state index in [4.69, 9.17) is 0 Å². The predicted molar refractivity (Wildman–Crippen MR) is 87.0 cm³/mol. The van der Waals surface area contributed by atoms with E-state index in [1.54, 1.807) is 0 Å². The van der Waals surface area contributed by atoms with E-state index in [0.29, 0.717) is 6.04 Å². The molecule has 6 nitrogen and oxygen atoms in total. The van der Waals surface area contributed by atoms with Crippen LogP contribution in [-0.2, 0) is 6.54 Å². The number of aromatic nitrogens is 4. The molecule has 0 saturated heterocycles. The van der Waals surface area contributed by atoms with Crippen molar-refractivity contribution in [2.24, 2.45) is 0 Å². The van der Waals surface area contributed by atoms with Gasteiger partial charge in [0.2, 0.25) is 0 Å². The van der Waals surface area contributed by atoms with Crippen LogP contribution >= 0.6 is 0 Å². The maximum atomic E-state index is 10.1. The predicted octanol–water partition coefficient (Wildman–Crippen LogP) is 1.97. The third kappa shape index (κ3) is 2.81. The van der Waals surface area contributed by atoms with Gasteiger partial charge in [-0.1, -0.05) is 12.8 Å². The van der Waals surface area contributed by atoms with Crippen molar-refractivity contribution in [1.29, 1.82) is 0 Å². The standard InChI is InChI=1S/C17H25N5O/c1-12-9-20-21(11-12)17-15(8-16(17)23)18-10-14-6-7-19-22(14)13-4-2-3-5-13/h6-7,9,11,13,15-18,23H,2-5,8,10H2,1H3/t15-,16+,17+/m0/s1. The van der Waals surface area contributed by atoms with Crippen molar-refractivity contribution in [2.75, 3.05) is 0 Å². The topological polar surface area (TPSA) is 67.9 Å². The molecule has 2 aromatic heterocycles. The summed E-state index contributed by atoms with van der Waals surface area (Å²) in [4.78, 5) is 0. The second kappa shape index (κ2) is 6.09. The van der Waals surface area contributed by atoms with Gasteiger partial charge in [0.05, 0.1) is 30.1 Å². The molecule has 2 aliphatic rings. The van der Waals surface area contributed by atoms with Crippen LogP contribution in [0.15, 0.2) is 24.7 Å². The molecule has 3 atom stereocenters. The summed E-state index contributed by atoms with van der Waals surface area (Å²) in [6, 6.07) is 2.97. The maximum absolute atomic E-state index is 10.1. The molecule has 0 aromatic carbocycles. The molecule has 2 aliphatic carbocycles. The monoisotopic (exact) mass is 315 g/mol. The van der Waals surface area contributed by atoms with Gasteiger partial charge in [0.15, 0.2) is 0 Å². The van der Waals surface area contributed by atoms with E-state index >= 15 is 0 Å². The second-order valence-electron chi connectivity index (χ2n) is 6.98. The Kier molecular flexibility index (Phi) is 3.95. The highest BCUT2D eigenvalue weighted by Crippen LogP contribution is 2.33. The molecule has 0 bridgehead atoms. The van der Waals surface area contributed by atoms with Gasteiger partial charge in [-0.2, -0.15) is 10.2 Å². The number of aliphatic hydroxyl groups is 1. The van der Waals surface area contributed by atoms with Crippen LogP contribution in [0.25, 0.3) is 0 Å². The van der Waals surface area contributed by atoms with E-state index in [2.05, 4.69) is 26.3 Å². The molecule has 0 radical (unpaired) electrons. The van der Waals surface area contributed by atoms with Gasteiger partial charge >= 0.3 is 0 Å². The summed E-state index contributed by atoms with van der Waals surface area (Å²) in [5.41, 5.74) is 2.37. The van der Waals surface area contributed by atoms with Gasteiger partial charge in [-0.05, 0) is 37.8 Å². The summed E-state index contributed by atoms with van der Waals surface area (Å²) in [6.45, 7) is 2.82. The Labute approximate surface area is 136 Å². The smallest absolute Gasteiger partial charge is 0.0932 e. The molecule has 23 heavy (non-hydrogen) atoms. The third-order valence-electron chi connectivity index (χ3n) is 5.31. The van der Waals surface area contributed by atoms with Gasteiger partial charge in [0.1, 0.15) is 0 Å². The molecule has 4 rings (SSSR count). The van der Waals surface area contributed by atoms with Gasteiger partial charge in [-0.25, -0.2) is 0 Å². The summed E-state index contributed by atoms with van der Waals surface area (Å²) in [7, 11) is 0. The molecule has 2 fully saturated rings. The molecular weight excluding hydrogens is 290 g/mol. The van der Waals surface area contributed by atoms with Crippen LogP contribution in [0.1, 0.15) is 55.4 Å². The Balaban J connectivity index is 1.40. The normalized spacial score (nSPS) is 28.2. The number of rotatable bonds is 5. The maximum Gasteiger partial charge on any atom is 0.0932 e. The Morgan fingerprint density at radius 2 is 2.13 bits per heavy atom. The largest absolute Gasteiger partial charge is 0.391 e. The molecule has 2 heterocycles. The van der Waals surface area contributed by atoms with Crippen molar-refractivity contribution >= 4 is 0 Å². The molecule has 2 saturated carbocycles.